The molecular weight excluding hydrogens is 294 g/mol. The molecule has 1 saturated heterocycles. The number of nitrogens with one attached hydrogen (secondary N) is 1. The maximum Gasteiger partial charge on any atom is 0.317 e. The van der Waals surface area contributed by atoms with Crippen molar-refractivity contribution < 1.29 is 9.21 Å². The molecule has 23 heavy (non-hydrogen) atoms. The van der Waals surface area contributed by atoms with Gasteiger partial charge in [-0.25, -0.2) is 9.78 Å². The summed E-state index contributed by atoms with van der Waals surface area (Å²) in [6.07, 6.45) is 7.01. The summed E-state index contributed by atoms with van der Waals surface area (Å²) in [4.78, 5) is 21.1. The molecule has 1 N–H and O–H groups in total. The van der Waals surface area contributed by atoms with E-state index in [0.29, 0.717) is 13.1 Å². The smallest absolute Gasteiger partial charge is 0.317 e. The minimum Gasteiger partial charge on any atom is -0.472 e. The number of amides is 2. The molecule has 1 aliphatic heterocycles. The molecule has 1 aliphatic rings. The standard InChI is InChI=1S/C16H23N5O2/c1-3-20-7-8-21(11-14(20)15-17-5-6-19(15)2)16(22)18-10-13-4-9-23-12-13/h4-6,9,12,14H,3,7-8,10-11H2,1-2H3,(H,18,22)/t14-/m1/s1. The molecule has 0 unspecified atom stereocenters. The molecule has 7 heteroatoms. The summed E-state index contributed by atoms with van der Waals surface area (Å²) in [5.41, 5.74) is 0.964. The molecule has 1 atom stereocenters. The number of aromatic nitrogens is 2. The van der Waals surface area contributed by atoms with Gasteiger partial charge in [0.25, 0.3) is 0 Å². The van der Waals surface area contributed by atoms with Crippen molar-refractivity contribution in [2.75, 3.05) is 26.2 Å². The number of likely N-dealkylation sites (N-methyl/N-ethyl adjacent to an activating group) is 1. The maximum absolute atomic E-state index is 12.4. The Hall–Kier alpha value is -2.28. The molecule has 0 bridgehead atoms. The fourth-order valence-corrected chi connectivity index (χ4v) is 3.01. The summed E-state index contributed by atoms with van der Waals surface area (Å²) in [6.45, 7) is 5.80. The molecule has 124 valence electrons. The highest BCUT2D eigenvalue weighted by Gasteiger charge is 2.31. The topological polar surface area (TPSA) is 66.5 Å². The summed E-state index contributed by atoms with van der Waals surface area (Å²) in [6, 6.07) is 1.95. The lowest BCUT2D eigenvalue weighted by Crippen LogP contribution is -2.53. The first kappa shape index (κ1) is 15.6. The third kappa shape index (κ3) is 3.39. The second-order valence-electron chi connectivity index (χ2n) is 5.78. The normalized spacial score (nSPS) is 19.0. The highest BCUT2D eigenvalue weighted by molar-refractivity contribution is 5.74. The molecule has 2 aromatic rings. The average molecular weight is 317 g/mol. The van der Waals surface area contributed by atoms with Gasteiger partial charge < -0.3 is 19.2 Å². The van der Waals surface area contributed by atoms with E-state index in [1.54, 1.807) is 18.7 Å². The zero-order valence-corrected chi connectivity index (χ0v) is 13.6. The lowest BCUT2D eigenvalue weighted by molar-refractivity contribution is 0.0877. The largest absolute Gasteiger partial charge is 0.472 e. The van der Waals surface area contributed by atoms with Gasteiger partial charge in [-0.05, 0) is 12.6 Å². The summed E-state index contributed by atoms with van der Waals surface area (Å²) in [7, 11) is 1.99. The van der Waals surface area contributed by atoms with Crippen LogP contribution in [0.4, 0.5) is 4.79 Å². The van der Waals surface area contributed by atoms with Crippen LogP contribution in [0.5, 0.6) is 0 Å². The second-order valence-corrected chi connectivity index (χ2v) is 5.78. The van der Waals surface area contributed by atoms with Gasteiger partial charge in [0, 0.05) is 51.2 Å². The Labute approximate surface area is 135 Å². The third-order valence-electron chi connectivity index (χ3n) is 4.36. The molecule has 0 aromatic carbocycles. The van der Waals surface area contributed by atoms with Gasteiger partial charge in [0.1, 0.15) is 5.82 Å². The van der Waals surface area contributed by atoms with E-state index in [1.807, 2.05) is 28.8 Å². The minimum atomic E-state index is -0.0406. The van der Waals surface area contributed by atoms with E-state index < -0.39 is 0 Å². The van der Waals surface area contributed by atoms with E-state index in [4.69, 9.17) is 4.42 Å². The Morgan fingerprint density at radius 1 is 1.48 bits per heavy atom. The van der Waals surface area contributed by atoms with E-state index in [0.717, 1.165) is 31.0 Å². The first-order valence-electron chi connectivity index (χ1n) is 7.94. The molecule has 2 aromatic heterocycles. The van der Waals surface area contributed by atoms with Crippen molar-refractivity contribution in [1.82, 2.24) is 24.7 Å². The van der Waals surface area contributed by atoms with E-state index in [2.05, 4.69) is 22.1 Å². The Kier molecular flexibility index (Phi) is 4.66. The minimum absolute atomic E-state index is 0.0406. The number of aryl methyl sites for hydroxylation is 1. The number of rotatable bonds is 4. The molecular formula is C16H23N5O2. The van der Waals surface area contributed by atoms with Crippen molar-refractivity contribution in [3.63, 3.8) is 0 Å². The predicted molar refractivity (Wildman–Crippen MR) is 85.7 cm³/mol. The van der Waals surface area contributed by atoms with Gasteiger partial charge >= 0.3 is 6.03 Å². The van der Waals surface area contributed by atoms with Gasteiger partial charge in [0.2, 0.25) is 0 Å². The number of carbonyl (C=O) groups excluding carboxylic acids is 1. The van der Waals surface area contributed by atoms with Crippen LogP contribution in [0, 0.1) is 0 Å². The third-order valence-corrected chi connectivity index (χ3v) is 4.36. The highest BCUT2D eigenvalue weighted by Crippen LogP contribution is 2.23. The molecule has 2 amide bonds. The van der Waals surface area contributed by atoms with E-state index >= 15 is 0 Å². The predicted octanol–water partition coefficient (Wildman–Crippen LogP) is 1.60. The molecule has 3 heterocycles. The van der Waals surface area contributed by atoms with Crippen LogP contribution >= 0.6 is 0 Å². The number of carbonyl (C=O) groups is 1. The number of hydrogen-bond donors (Lipinski definition) is 1. The van der Waals surface area contributed by atoms with Crippen molar-refractivity contribution in [3.8, 4) is 0 Å². The number of hydrogen-bond acceptors (Lipinski definition) is 4. The first-order valence-corrected chi connectivity index (χ1v) is 7.94. The van der Waals surface area contributed by atoms with Crippen LogP contribution in [0.25, 0.3) is 0 Å². The van der Waals surface area contributed by atoms with Crippen molar-refractivity contribution in [2.24, 2.45) is 7.05 Å². The Morgan fingerprint density at radius 3 is 3.00 bits per heavy atom. The van der Waals surface area contributed by atoms with Gasteiger partial charge in [-0.3, -0.25) is 4.90 Å². The van der Waals surface area contributed by atoms with Crippen LogP contribution in [0.3, 0.4) is 0 Å². The number of piperazine rings is 1. The Bertz CT molecular complexity index is 637. The number of furan rings is 1. The molecule has 0 saturated carbocycles. The monoisotopic (exact) mass is 317 g/mol. The lowest BCUT2D eigenvalue weighted by atomic mass is 10.1. The average Bonchev–Trinajstić information content (AvgIpc) is 3.23. The number of urea groups is 1. The second kappa shape index (κ2) is 6.87. The summed E-state index contributed by atoms with van der Waals surface area (Å²) in [5, 5.41) is 2.95. The van der Waals surface area contributed by atoms with E-state index in [-0.39, 0.29) is 12.1 Å². The van der Waals surface area contributed by atoms with Gasteiger partial charge in [0.15, 0.2) is 0 Å². The van der Waals surface area contributed by atoms with Gasteiger partial charge in [0.05, 0.1) is 18.6 Å². The number of imidazole rings is 1. The summed E-state index contributed by atoms with van der Waals surface area (Å²) in [5.74, 6) is 0.999. The van der Waals surface area contributed by atoms with Crippen LogP contribution in [0.15, 0.2) is 35.4 Å². The molecule has 0 radical (unpaired) electrons. The van der Waals surface area contributed by atoms with E-state index in [9.17, 15) is 4.79 Å². The zero-order chi connectivity index (χ0) is 16.2. The van der Waals surface area contributed by atoms with Crippen molar-refractivity contribution in [2.45, 2.75) is 19.5 Å². The van der Waals surface area contributed by atoms with Crippen molar-refractivity contribution >= 4 is 6.03 Å². The Balaban J connectivity index is 1.65. The summed E-state index contributed by atoms with van der Waals surface area (Å²) >= 11 is 0. The molecule has 1 fully saturated rings. The van der Waals surface area contributed by atoms with Crippen molar-refractivity contribution in [3.05, 3.63) is 42.4 Å². The van der Waals surface area contributed by atoms with Crippen LogP contribution in [0.1, 0.15) is 24.4 Å². The molecule has 7 nitrogen and oxygen atoms in total. The van der Waals surface area contributed by atoms with Crippen LogP contribution in [-0.2, 0) is 13.6 Å². The molecule has 0 spiro atoms. The van der Waals surface area contributed by atoms with Gasteiger partial charge in [-0.1, -0.05) is 6.92 Å². The quantitative estimate of drug-likeness (QED) is 0.930. The molecule has 0 aliphatic carbocycles. The fourth-order valence-electron chi connectivity index (χ4n) is 3.01. The zero-order valence-electron chi connectivity index (χ0n) is 13.6. The Morgan fingerprint density at radius 2 is 2.35 bits per heavy atom. The van der Waals surface area contributed by atoms with Crippen LogP contribution in [-0.4, -0.2) is 51.6 Å². The SMILES string of the molecule is CCN1CCN(C(=O)NCc2ccoc2)C[C@@H]1c1nccn1C. The summed E-state index contributed by atoms with van der Waals surface area (Å²) < 4.78 is 7.05. The van der Waals surface area contributed by atoms with Gasteiger partial charge in [-0.15, -0.1) is 0 Å². The van der Waals surface area contributed by atoms with E-state index in [1.165, 1.54) is 0 Å². The fraction of sp³-hybridized carbons (Fsp3) is 0.500. The van der Waals surface area contributed by atoms with Crippen molar-refractivity contribution in [1.29, 1.82) is 0 Å². The molecule has 3 rings (SSSR count). The maximum atomic E-state index is 12.4. The highest BCUT2D eigenvalue weighted by atomic mass is 16.3. The van der Waals surface area contributed by atoms with Crippen LogP contribution in [0.2, 0.25) is 0 Å². The first-order chi connectivity index (χ1) is 11.2. The number of nitrogens with zero attached hydrogens (tertiary/aromatic N) is 4. The van der Waals surface area contributed by atoms with Crippen LogP contribution < -0.4 is 5.32 Å². The van der Waals surface area contributed by atoms with Gasteiger partial charge in [-0.2, -0.15) is 0 Å². The lowest BCUT2D eigenvalue weighted by Gasteiger charge is -2.40.